The van der Waals surface area contributed by atoms with E-state index in [0.29, 0.717) is 17.0 Å². The van der Waals surface area contributed by atoms with Crippen molar-refractivity contribution in [2.24, 2.45) is 0 Å². The number of carbonyl (C=O) groups is 1. The molecular weight excluding hydrogens is 280 g/mol. The number of hydrogen-bond acceptors (Lipinski definition) is 3. The van der Waals surface area contributed by atoms with Gasteiger partial charge in [0.05, 0.1) is 0 Å². The fourth-order valence-corrected chi connectivity index (χ4v) is 4.89. The Morgan fingerprint density at radius 1 is 1.37 bits per heavy atom. The summed E-state index contributed by atoms with van der Waals surface area (Å²) in [5, 5.41) is 2.89. The fourth-order valence-electron chi connectivity index (χ4n) is 2.93. The molecule has 2 amide bonds. The molecule has 1 spiro atoms. The van der Waals surface area contributed by atoms with Crippen molar-refractivity contribution in [2.75, 3.05) is 37.4 Å². The van der Waals surface area contributed by atoms with Gasteiger partial charge >= 0.3 is 6.03 Å². The van der Waals surface area contributed by atoms with Crippen LogP contribution in [0.1, 0.15) is 32.1 Å². The van der Waals surface area contributed by atoms with Crippen LogP contribution in [0.5, 0.6) is 0 Å². The number of hydrogen-bond donors (Lipinski definition) is 1. The smallest absolute Gasteiger partial charge is 0.317 e. The molecule has 1 aliphatic carbocycles. The average Bonchev–Trinajstić information content (AvgIpc) is 2.39. The van der Waals surface area contributed by atoms with E-state index in [4.69, 9.17) is 0 Å². The van der Waals surface area contributed by atoms with E-state index in [0.717, 1.165) is 18.8 Å². The number of thioether (sulfide) groups is 1. The van der Waals surface area contributed by atoms with E-state index in [1.165, 1.54) is 32.1 Å². The summed E-state index contributed by atoms with van der Waals surface area (Å²) < 4.78 is 11.3. The molecule has 0 aromatic carbocycles. The first-order chi connectivity index (χ1) is 9.11. The topological polar surface area (TPSA) is 49.4 Å². The zero-order valence-electron chi connectivity index (χ0n) is 11.7. The van der Waals surface area contributed by atoms with E-state index in [-0.39, 0.29) is 6.03 Å². The van der Waals surface area contributed by atoms with Crippen molar-refractivity contribution in [3.05, 3.63) is 0 Å². The molecule has 0 aromatic heterocycles. The van der Waals surface area contributed by atoms with Gasteiger partial charge in [0, 0.05) is 52.9 Å². The van der Waals surface area contributed by atoms with E-state index in [1.807, 2.05) is 4.90 Å². The van der Waals surface area contributed by atoms with Gasteiger partial charge in [0.2, 0.25) is 0 Å². The number of nitrogens with zero attached hydrogens (tertiary/aromatic N) is 1. The molecule has 1 aliphatic heterocycles. The number of amides is 2. The first kappa shape index (κ1) is 15.2. The molecule has 110 valence electrons. The molecule has 19 heavy (non-hydrogen) atoms. The molecule has 1 atom stereocenters. The van der Waals surface area contributed by atoms with Crippen LogP contribution in [0.15, 0.2) is 0 Å². The summed E-state index contributed by atoms with van der Waals surface area (Å²) >= 11 is 2.07. The molecule has 0 bridgehead atoms. The van der Waals surface area contributed by atoms with Crippen LogP contribution in [0.2, 0.25) is 0 Å². The van der Waals surface area contributed by atoms with Crippen LogP contribution >= 0.6 is 11.8 Å². The van der Waals surface area contributed by atoms with Crippen molar-refractivity contribution in [3.8, 4) is 0 Å². The van der Waals surface area contributed by atoms with Crippen LogP contribution in [0, 0.1) is 0 Å². The van der Waals surface area contributed by atoms with Gasteiger partial charge in [0.15, 0.2) is 0 Å². The molecule has 1 heterocycles. The minimum Gasteiger partial charge on any atom is -0.337 e. The van der Waals surface area contributed by atoms with E-state index in [1.54, 1.807) is 6.26 Å². The zero-order chi connectivity index (χ0) is 13.7. The summed E-state index contributed by atoms with van der Waals surface area (Å²) in [4.78, 5) is 14.1. The van der Waals surface area contributed by atoms with Crippen LogP contribution in [0.3, 0.4) is 0 Å². The van der Waals surface area contributed by atoms with Crippen molar-refractivity contribution in [3.63, 3.8) is 0 Å². The van der Waals surface area contributed by atoms with Gasteiger partial charge in [-0.3, -0.25) is 4.21 Å². The first-order valence-electron chi connectivity index (χ1n) is 7.08. The quantitative estimate of drug-likeness (QED) is 0.865. The Balaban J connectivity index is 1.82. The number of rotatable bonds is 3. The van der Waals surface area contributed by atoms with Crippen LogP contribution < -0.4 is 5.32 Å². The van der Waals surface area contributed by atoms with Gasteiger partial charge < -0.3 is 10.2 Å². The number of carbonyl (C=O) groups excluding carboxylic acids is 1. The van der Waals surface area contributed by atoms with Crippen LogP contribution in [0.25, 0.3) is 0 Å². The summed E-state index contributed by atoms with van der Waals surface area (Å²) in [5.74, 6) is 1.59. The largest absolute Gasteiger partial charge is 0.337 e. The highest BCUT2D eigenvalue weighted by Crippen LogP contribution is 2.42. The van der Waals surface area contributed by atoms with E-state index < -0.39 is 10.8 Å². The summed E-state index contributed by atoms with van der Waals surface area (Å²) in [6.07, 6.45) is 8.12. The lowest BCUT2D eigenvalue weighted by molar-refractivity contribution is 0.186. The van der Waals surface area contributed by atoms with Crippen molar-refractivity contribution in [2.45, 2.75) is 36.9 Å². The third-order valence-corrected chi connectivity index (χ3v) is 6.28. The molecule has 2 aliphatic rings. The summed E-state index contributed by atoms with van der Waals surface area (Å²) in [6.45, 7) is 2.24. The monoisotopic (exact) mass is 304 g/mol. The molecular formula is C13H24N2O2S2. The fraction of sp³-hybridized carbons (Fsp3) is 0.923. The van der Waals surface area contributed by atoms with Gasteiger partial charge in [0.1, 0.15) is 0 Å². The summed E-state index contributed by atoms with van der Waals surface area (Å²) in [6, 6.07) is 0.0238. The maximum Gasteiger partial charge on any atom is 0.317 e. The first-order valence-corrected chi connectivity index (χ1v) is 9.79. The lowest BCUT2D eigenvalue weighted by Crippen LogP contribution is -2.53. The molecule has 1 saturated heterocycles. The molecule has 0 unspecified atom stereocenters. The van der Waals surface area contributed by atoms with Gasteiger partial charge in [-0.1, -0.05) is 19.3 Å². The van der Waals surface area contributed by atoms with Crippen LogP contribution in [-0.2, 0) is 10.8 Å². The molecule has 2 rings (SSSR count). The Kier molecular flexibility index (Phi) is 5.57. The Morgan fingerprint density at radius 2 is 2.11 bits per heavy atom. The maximum absolute atomic E-state index is 12.1. The number of nitrogens with one attached hydrogen (secondary N) is 1. The van der Waals surface area contributed by atoms with E-state index >= 15 is 0 Å². The molecule has 1 saturated carbocycles. The highest BCUT2D eigenvalue weighted by molar-refractivity contribution is 8.00. The van der Waals surface area contributed by atoms with Gasteiger partial charge in [-0.25, -0.2) is 4.79 Å². The molecule has 6 heteroatoms. The van der Waals surface area contributed by atoms with E-state index in [2.05, 4.69) is 17.1 Å². The van der Waals surface area contributed by atoms with Crippen molar-refractivity contribution >= 4 is 28.6 Å². The second-order valence-corrected chi connectivity index (χ2v) is 8.64. The lowest BCUT2D eigenvalue weighted by atomic mass is 9.87. The van der Waals surface area contributed by atoms with Crippen molar-refractivity contribution < 1.29 is 9.00 Å². The molecule has 2 fully saturated rings. The minimum absolute atomic E-state index is 0.0238. The third kappa shape index (κ3) is 4.38. The van der Waals surface area contributed by atoms with Gasteiger partial charge in [0.25, 0.3) is 0 Å². The van der Waals surface area contributed by atoms with Crippen LogP contribution in [0.4, 0.5) is 4.79 Å². The van der Waals surface area contributed by atoms with Gasteiger partial charge in [-0.05, 0) is 12.8 Å². The predicted octanol–water partition coefficient (Wildman–Crippen LogP) is 1.83. The highest BCUT2D eigenvalue weighted by Gasteiger charge is 2.38. The highest BCUT2D eigenvalue weighted by atomic mass is 32.2. The average molecular weight is 304 g/mol. The van der Waals surface area contributed by atoms with Crippen molar-refractivity contribution in [1.29, 1.82) is 0 Å². The molecule has 0 aromatic rings. The molecule has 0 radical (unpaired) electrons. The van der Waals surface area contributed by atoms with E-state index in [9.17, 15) is 9.00 Å². The second kappa shape index (κ2) is 6.97. The standard InChI is InChI=1S/C13H24N2O2S2/c1-19(17)10-7-14-12(16)15-8-9-18-13(11-15)5-3-2-4-6-13/h2-11H2,1H3,(H,14,16)/t19-/m0/s1. The predicted molar refractivity (Wildman–Crippen MR) is 82.2 cm³/mol. The zero-order valence-corrected chi connectivity index (χ0v) is 13.3. The van der Waals surface area contributed by atoms with Crippen molar-refractivity contribution in [1.82, 2.24) is 10.2 Å². The summed E-state index contributed by atoms with van der Waals surface area (Å²) in [7, 11) is -0.835. The van der Waals surface area contributed by atoms with Gasteiger partial charge in [-0.15, -0.1) is 0 Å². The second-order valence-electron chi connectivity index (χ2n) is 5.52. The normalized spacial score (nSPS) is 24.2. The SMILES string of the molecule is C[S@](=O)CCNC(=O)N1CCSC2(CCCCC2)C1. The Bertz CT molecular complexity index is 338. The Labute approximate surface area is 122 Å². The molecule has 4 nitrogen and oxygen atoms in total. The third-order valence-electron chi connectivity index (χ3n) is 3.97. The van der Waals surface area contributed by atoms with Crippen LogP contribution in [-0.4, -0.2) is 57.3 Å². The molecule has 1 N–H and O–H groups in total. The Hall–Kier alpha value is -0.230. The maximum atomic E-state index is 12.1. The number of urea groups is 1. The minimum atomic E-state index is -0.835. The summed E-state index contributed by atoms with van der Waals surface area (Å²) in [5.41, 5.74) is 0. The Morgan fingerprint density at radius 3 is 2.79 bits per heavy atom. The van der Waals surface area contributed by atoms with Gasteiger partial charge in [-0.2, -0.15) is 11.8 Å². The lowest BCUT2D eigenvalue weighted by Gasteiger charge is -2.44.